The molecular formula is C21H21N3O4S2. The molecule has 1 amide bonds. The number of aromatic nitrogens is 1. The number of nitrogens with one attached hydrogen (secondary N) is 1. The highest BCUT2D eigenvalue weighted by Gasteiger charge is 2.41. The molecule has 5 rings (SSSR count). The molecule has 0 atom stereocenters. The maximum Gasteiger partial charge on any atom is 0.264 e. The summed E-state index contributed by atoms with van der Waals surface area (Å²) in [6.07, 6.45) is 2.08. The summed E-state index contributed by atoms with van der Waals surface area (Å²) in [6, 6.07) is 13.7. The van der Waals surface area contributed by atoms with E-state index in [-0.39, 0.29) is 17.8 Å². The molecule has 2 heterocycles. The SMILES string of the molecule is O=C(COc1ccc2ccccc2c1)Nc1nc2c(s1)CN(S(=O)(=O)C1CC1)CC2. The van der Waals surface area contributed by atoms with Gasteiger partial charge in [-0.1, -0.05) is 30.3 Å². The molecule has 9 heteroatoms. The van der Waals surface area contributed by atoms with Crippen LogP contribution >= 0.6 is 11.3 Å². The molecule has 1 fully saturated rings. The molecule has 1 saturated carbocycles. The third-order valence-corrected chi connectivity index (χ3v) is 8.68. The third-order valence-electron chi connectivity index (χ3n) is 5.34. The highest BCUT2D eigenvalue weighted by atomic mass is 32.2. The molecule has 1 aliphatic heterocycles. The molecule has 0 radical (unpaired) electrons. The van der Waals surface area contributed by atoms with Crippen LogP contribution in [0.1, 0.15) is 23.4 Å². The van der Waals surface area contributed by atoms with Gasteiger partial charge in [-0.3, -0.25) is 10.1 Å². The van der Waals surface area contributed by atoms with Crippen molar-refractivity contribution in [1.29, 1.82) is 0 Å². The van der Waals surface area contributed by atoms with E-state index in [1.165, 1.54) is 11.3 Å². The molecule has 2 aliphatic rings. The number of amides is 1. The number of sulfonamides is 1. The number of hydrogen-bond donors (Lipinski definition) is 1. The van der Waals surface area contributed by atoms with Gasteiger partial charge >= 0.3 is 0 Å². The average Bonchev–Trinajstić information content (AvgIpc) is 3.53. The zero-order valence-corrected chi connectivity index (χ0v) is 17.8. The van der Waals surface area contributed by atoms with Crippen LogP contribution in [0.5, 0.6) is 5.75 Å². The molecule has 3 aromatic rings. The summed E-state index contributed by atoms with van der Waals surface area (Å²) in [4.78, 5) is 17.7. The van der Waals surface area contributed by atoms with Crippen molar-refractivity contribution in [2.24, 2.45) is 0 Å². The number of fused-ring (bicyclic) bond motifs is 2. The van der Waals surface area contributed by atoms with E-state index in [1.807, 2.05) is 42.5 Å². The first kappa shape index (κ1) is 19.5. The third kappa shape index (κ3) is 3.92. The monoisotopic (exact) mass is 443 g/mol. The summed E-state index contributed by atoms with van der Waals surface area (Å²) < 4.78 is 32.1. The van der Waals surface area contributed by atoms with Crippen LogP contribution in [0, 0.1) is 0 Å². The van der Waals surface area contributed by atoms with Crippen molar-refractivity contribution >= 4 is 43.2 Å². The van der Waals surface area contributed by atoms with Crippen molar-refractivity contribution in [2.75, 3.05) is 18.5 Å². The van der Waals surface area contributed by atoms with Gasteiger partial charge in [0, 0.05) is 24.4 Å². The van der Waals surface area contributed by atoms with Gasteiger partial charge < -0.3 is 4.74 Å². The minimum Gasteiger partial charge on any atom is -0.484 e. The second kappa shape index (κ2) is 7.64. The number of benzene rings is 2. The highest BCUT2D eigenvalue weighted by molar-refractivity contribution is 7.90. The lowest BCUT2D eigenvalue weighted by Gasteiger charge is -2.25. The zero-order valence-electron chi connectivity index (χ0n) is 16.2. The molecule has 1 aromatic heterocycles. The van der Waals surface area contributed by atoms with Gasteiger partial charge in [-0.25, -0.2) is 13.4 Å². The Bertz CT molecular complexity index is 1220. The second-order valence-electron chi connectivity index (χ2n) is 7.56. The number of rotatable bonds is 6. The quantitative estimate of drug-likeness (QED) is 0.632. The fourth-order valence-corrected chi connectivity index (χ4v) is 6.51. The summed E-state index contributed by atoms with van der Waals surface area (Å²) in [6.45, 7) is 0.675. The lowest BCUT2D eigenvalue weighted by molar-refractivity contribution is -0.118. The molecule has 1 N–H and O–H groups in total. The largest absolute Gasteiger partial charge is 0.484 e. The van der Waals surface area contributed by atoms with E-state index >= 15 is 0 Å². The Kier molecular flexibility index (Phi) is 4.96. The summed E-state index contributed by atoms with van der Waals surface area (Å²) >= 11 is 1.33. The lowest BCUT2D eigenvalue weighted by Crippen LogP contribution is -2.37. The van der Waals surface area contributed by atoms with Gasteiger partial charge in [0.1, 0.15) is 5.75 Å². The number of hydrogen-bond acceptors (Lipinski definition) is 6. The fraction of sp³-hybridized carbons (Fsp3) is 0.333. The van der Waals surface area contributed by atoms with E-state index in [2.05, 4.69) is 10.3 Å². The van der Waals surface area contributed by atoms with Gasteiger partial charge in [0.2, 0.25) is 10.0 Å². The van der Waals surface area contributed by atoms with Crippen LogP contribution in [0.3, 0.4) is 0 Å². The molecule has 156 valence electrons. The number of ether oxygens (including phenoxy) is 1. The topological polar surface area (TPSA) is 88.6 Å². The maximum absolute atomic E-state index is 12.5. The van der Waals surface area contributed by atoms with Crippen LogP contribution in [0.25, 0.3) is 10.8 Å². The molecule has 0 saturated heterocycles. The van der Waals surface area contributed by atoms with Crippen LogP contribution < -0.4 is 10.1 Å². The molecule has 1 aliphatic carbocycles. The fourth-order valence-electron chi connectivity index (χ4n) is 3.58. The molecule has 2 aromatic carbocycles. The Labute approximate surface area is 178 Å². The number of nitrogens with zero attached hydrogens (tertiary/aromatic N) is 2. The Hall–Kier alpha value is -2.49. The molecule has 0 unspecified atom stereocenters. The van der Waals surface area contributed by atoms with Crippen LogP contribution in [0.2, 0.25) is 0 Å². The van der Waals surface area contributed by atoms with Gasteiger partial charge in [0.15, 0.2) is 11.7 Å². The average molecular weight is 444 g/mol. The van der Waals surface area contributed by atoms with E-state index in [0.717, 1.165) is 34.2 Å². The minimum atomic E-state index is -3.20. The standard InChI is InChI=1S/C21H21N3O4S2/c25-20(13-28-16-6-5-14-3-1-2-4-15(14)11-16)23-21-22-18-9-10-24(12-19(18)29-21)30(26,27)17-7-8-17/h1-6,11,17H,7-10,12-13H2,(H,22,23,25). The van der Waals surface area contributed by atoms with Crippen molar-refractivity contribution in [1.82, 2.24) is 9.29 Å². The molecule has 0 spiro atoms. The summed E-state index contributed by atoms with van der Waals surface area (Å²) in [7, 11) is -3.20. The van der Waals surface area contributed by atoms with Crippen LogP contribution in [-0.2, 0) is 27.8 Å². The van der Waals surface area contributed by atoms with E-state index in [9.17, 15) is 13.2 Å². The number of carbonyl (C=O) groups excluding carboxylic acids is 1. The normalized spacial score (nSPS) is 16.9. The lowest BCUT2D eigenvalue weighted by atomic mass is 10.1. The van der Waals surface area contributed by atoms with E-state index in [4.69, 9.17) is 4.74 Å². The van der Waals surface area contributed by atoms with Crippen molar-refractivity contribution in [3.05, 3.63) is 53.0 Å². The van der Waals surface area contributed by atoms with Gasteiger partial charge in [-0.15, -0.1) is 11.3 Å². The molecule has 0 bridgehead atoms. The van der Waals surface area contributed by atoms with Crippen molar-refractivity contribution in [3.8, 4) is 5.75 Å². The van der Waals surface area contributed by atoms with Gasteiger partial charge in [-0.2, -0.15) is 4.31 Å². The van der Waals surface area contributed by atoms with E-state index in [1.54, 1.807) is 4.31 Å². The van der Waals surface area contributed by atoms with Gasteiger partial charge in [0.25, 0.3) is 5.91 Å². The van der Waals surface area contributed by atoms with Crippen LogP contribution in [-0.4, -0.2) is 42.0 Å². The number of thiazole rings is 1. The van der Waals surface area contributed by atoms with Crippen LogP contribution in [0.15, 0.2) is 42.5 Å². The molecule has 30 heavy (non-hydrogen) atoms. The van der Waals surface area contributed by atoms with Crippen molar-refractivity contribution in [3.63, 3.8) is 0 Å². The van der Waals surface area contributed by atoms with Gasteiger partial charge in [-0.05, 0) is 35.7 Å². The van der Waals surface area contributed by atoms with Crippen molar-refractivity contribution in [2.45, 2.75) is 31.1 Å². The Morgan fingerprint density at radius 2 is 2.00 bits per heavy atom. The predicted molar refractivity (Wildman–Crippen MR) is 116 cm³/mol. The van der Waals surface area contributed by atoms with Crippen molar-refractivity contribution < 1.29 is 17.9 Å². The minimum absolute atomic E-state index is 0.120. The predicted octanol–water partition coefficient (Wildman–Crippen LogP) is 3.16. The first-order valence-corrected chi connectivity index (χ1v) is 12.2. The first-order chi connectivity index (χ1) is 14.5. The summed E-state index contributed by atoms with van der Waals surface area (Å²) in [5.74, 6) is 0.333. The smallest absolute Gasteiger partial charge is 0.264 e. The summed E-state index contributed by atoms with van der Waals surface area (Å²) in [5, 5.41) is 5.21. The van der Waals surface area contributed by atoms with Crippen LogP contribution in [0.4, 0.5) is 5.13 Å². The molecular weight excluding hydrogens is 422 g/mol. The summed E-state index contributed by atoms with van der Waals surface area (Å²) in [5.41, 5.74) is 0.869. The highest BCUT2D eigenvalue weighted by Crippen LogP contribution is 2.35. The number of carbonyl (C=O) groups is 1. The Balaban J connectivity index is 1.20. The second-order valence-corrected chi connectivity index (χ2v) is 10.9. The zero-order chi connectivity index (χ0) is 20.7. The van der Waals surface area contributed by atoms with E-state index in [0.29, 0.717) is 30.4 Å². The van der Waals surface area contributed by atoms with E-state index < -0.39 is 10.0 Å². The Morgan fingerprint density at radius 1 is 1.20 bits per heavy atom. The maximum atomic E-state index is 12.5. The number of anilines is 1. The van der Waals surface area contributed by atoms with Gasteiger partial charge in [0.05, 0.1) is 10.9 Å². The molecule has 7 nitrogen and oxygen atoms in total. The Morgan fingerprint density at radius 3 is 2.80 bits per heavy atom. The first-order valence-electron chi connectivity index (χ1n) is 9.88.